The van der Waals surface area contributed by atoms with Gasteiger partial charge in [-0.3, -0.25) is 0 Å². The van der Waals surface area contributed by atoms with Crippen molar-refractivity contribution < 1.29 is 0 Å². The van der Waals surface area contributed by atoms with Crippen molar-refractivity contribution >= 4 is 22.5 Å². The van der Waals surface area contributed by atoms with E-state index in [1.165, 1.54) is 12.8 Å². The van der Waals surface area contributed by atoms with Crippen molar-refractivity contribution in [1.29, 1.82) is 0 Å². The van der Waals surface area contributed by atoms with Crippen LogP contribution < -0.4 is 5.73 Å². The van der Waals surface area contributed by atoms with Gasteiger partial charge in [-0.2, -0.15) is 0 Å². The van der Waals surface area contributed by atoms with Gasteiger partial charge in [-0.15, -0.1) is 0 Å². The molecule has 0 saturated heterocycles. The summed E-state index contributed by atoms with van der Waals surface area (Å²) in [5.74, 6) is 0. The molecule has 2 heteroatoms. The summed E-state index contributed by atoms with van der Waals surface area (Å²) in [6.07, 6.45) is 2.49. The molecule has 8 heavy (non-hydrogen) atoms. The first kappa shape index (κ1) is 8.76. The number of rotatable bonds is 3. The average molecular weight is 219 g/mol. The van der Waals surface area contributed by atoms with Gasteiger partial charge in [0.15, 0.2) is 0 Å². The molecule has 0 aliphatic rings. The van der Waals surface area contributed by atoms with Gasteiger partial charge in [0, 0.05) is 0 Å². The van der Waals surface area contributed by atoms with Crippen LogP contribution in [0.2, 0.25) is 3.93 Å². The summed E-state index contributed by atoms with van der Waals surface area (Å²) in [4.78, 5) is 0. The molecule has 0 aromatic heterocycles. The normalized spacial score (nSPS) is 18.0. The third-order valence-corrected chi connectivity index (χ3v) is 1.88. The van der Waals surface area contributed by atoms with Crippen molar-refractivity contribution in [3.05, 3.63) is 0 Å². The predicted octanol–water partition coefficient (Wildman–Crippen LogP) is 1.09. The Kier molecular flexibility index (Phi) is 5.06. The van der Waals surface area contributed by atoms with Crippen LogP contribution in [0.3, 0.4) is 0 Å². The molecular formula is C6H14NSn. The van der Waals surface area contributed by atoms with E-state index in [-0.39, 0.29) is 0 Å². The molecule has 47 valence electrons. The van der Waals surface area contributed by atoms with Crippen molar-refractivity contribution in [2.45, 2.75) is 36.7 Å². The second kappa shape index (κ2) is 4.62. The Morgan fingerprint density at radius 2 is 1.88 bits per heavy atom. The van der Waals surface area contributed by atoms with Gasteiger partial charge in [-0.25, -0.2) is 0 Å². The zero-order valence-corrected chi connectivity index (χ0v) is 8.50. The van der Waals surface area contributed by atoms with Crippen LogP contribution in [0.25, 0.3) is 0 Å². The Labute approximate surface area is 65.1 Å². The fourth-order valence-corrected chi connectivity index (χ4v) is 0.989. The Hall–Kier alpha value is 0.759. The minimum atomic E-state index is 0.401. The predicted molar refractivity (Wildman–Crippen MR) is 38.1 cm³/mol. The van der Waals surface area contributed by atoms with Crippen LogP contribution in [0, 0.1) is 0 Å². The molecule has 0 heterocycles. The third kappa shape index (κ3) is 6.76. The van der Waals surface area contributed by atoms with Gasteiger partial charge < -0.3 is 0 Å². The van der Waals surface area contributed by atoms with Gasteiger partial charge in [0.1, 0.15) is 0 Å². The summed E-state index contributed by atoms with van der Waals surface area (Å²) >= 11 is 1.64. The van der Waals surface area contributed by atoms with E-state index in [1.807, 2.05) is 0 Å². The molecule has 0 bridgehead atoms. The van der Waals surface area contributed by atoms with Crippen molar-refractivity contribution in [1.82, 2.24) is 0 Å². The van der Waals surface area contributed by atoms with Crippen molar-refractivity contribution in [2.75, 3.05) is 0 Å². The molecule has 2 unspecified atom stereocenters. The Bertz CT molecular complexity index is 44.5. The average Bonchev–Trinajstić information content (AvgIpc) is 1.61. The molecule has 0 rings (SSSR count). The summed E-state index contributed by atoms with van der Waals surface area (Å²) in [6.45, 7) is 4.33. The fraction of sp³-hybridized carbons (Fsp3) is 1.00. The number of nitrogens with two attached hydrogens (primary N) is 1. The van der Waals surface area contributed by atoms with E-state index in [1.54, 1.807) is 22.5 Å². The van der Waals surface area contributed by atoms with Crippen molar-refractivity contribution in [3.8, 4) is 0 Å². The molecule has 0 spiro atoms. The molecule has 1 nitrogen and oxygen atoms in total. The summed E-state index contributed by atoms with van der Waals surface area (Å²) in [6, 6.07) is 0.401. The van der Waals surface area contributed by atoms with Crippen LogP contribution in [0.15, 0.2) is 0 Å². The first-order valence-electron chi connectivity index (χ1n) is 3.09. The number of hydrogen-bond acceptors (Lipinski definition) is 1. The van der Waals surface area contributed by atoms with Crippen LogP contribution >= 0.6 is 0 Å². The fourth-order valence-electron chi connectivity index (χ4n) is 0.513. The molecule has 0 fully saturated rings. The van der Waals surface area contributed by atoms with E-state index >= 15 is 0 Å². The van der Waals surface area contributed by atoms with E-state index in [0.717, 1.165) is 3.93 Å². The van der Waals surface area contributed by atoms with E-state index in [4.69, 9.17) is 5.73 Å². The van der Waals surface area contributed by atoms with Gasteiger partial charge in [-0.1, -0.05) is 0 Å². The van der Waals surface area contributed by atoms with Gasteiger partial charge >= 0.3 is 64.9 Å². The van der Waals surface area contributed by atoms with Crippen LogP contribution in [0.1, 0.15) is 26.7 Å². The molecule has 0 aromatic carbocycles. The van der Waals surface area contributed by atoms with E-state index < -0.39 is 0 Å². The van der Waals surface area contributed by atoms with Crippen LogP contribution in [-0.4, -0.2) is 28.6 Å². The van der Waals surface area contributed by atoms with Crippen molar-refractivity contribution in [2.24, 2.45) is 5.73 Å². The second-order valence-corrected chi connectivity index (χ2v) is 5.27. The molecule has 0 aliphatic heterocycles. The molecule has 2 atom stereocenters. The first-order valence-corrected chi connectivity index (χ1v) is 4.74. The summed E-state index contributed by atoms with van der Waals surface area (Å²) < 4.78 is 0.896. The minimum absolute atomic E-state index is 0.401. The maximum atomic E-state index is 5.55. The first-order chi connectivity index (χ1) is 3.63. The van der Waals surface area contributed by atoms with Crippen LogP contribution in [-0.2, 0) is 0 Å². The summed E-state index contributed by atoms with van der Waals surface area (Å²) in [7, 11) is 0. The Morgan fingerprint density at radius 3 is 2.00 bits per heavy atom. The molecular weight excluding hydrogens is 205 g/mol. The van der Waals surface area contributed by atoms with E-state index in [2.05, 4.69) is 13.8 Å². The zero-order chi connectivity index (χ0) is 6.57. The SMILES string of the molecule is CC(N)CC[CH](C)[Sn]. The maximum absolute atomic E-state index is 5.55. The van der Waals surface area contributed by atoms with E-state index in [9.17, 15) is 0 Å². The molecule has 2 N–H and O–H groups in total. The van der Waals surface area contributed by atoms with Crippen LogP contribution in [0.5, 0.6) is 0 Å². The van der Waals surface area contributed by atoms with Crippen LogP contribution in [0.4, 0.5) is 0 Å². The summed E-state index contributed by atoms with van der Waals surface area (Å²) in [5.41, 5.74) is 5.55. The van der Waals surface area contributed by atoms with Gasteiger partial charge in [0.25, 0.3) is 0 Å². The molecule has 0 amide bonds. The topological polar surface area (TPSA) is 26.0 Å². The Balaban J connectivity index is 2.93. The standard InChI is InChI=1S/C6H14N.Sn/c1-3-4-5-6(2)7;/h3,6H,4-5,7H2,1-2H3;. The summed E-state index contributed by atoms with van der Waals surface area (Å²) in [5, 5.41) is 0. The molecule has 3 radical (unpaired) electrons. The van der Waals surface area contributed by atoms with E-state index in [0.29, 0.717) is 6.04 Å². The Morgan fingerprint density at radius 1 is 1.38 bits per heavy atom. The third-order valence-electron chi connectivity index (χ3n) is 1.06. The second-order valence-electron chi connectivity index (χ2n) is 2.46. The zero-order valence-electron chi connectivity index (χ0n) is 5.65. The molecule has 0 aromatic rings. The monoisotopic (exact) mass is 220 g/mol. The quantitative estimate of drug-likeness (QED) is 0.706. The van der Waals surface area contributed by atoms with Crippen molar-refractivity contribution in [3.63, 3.8) is 0 Å². The van der Waals surface area contributed by atoms with Gasteiger partial charge in [0.05, 0.1) is 0 Å². The van der Waals surface area contributed by atoms with Gasteiger partial charge in [0.2, 0.25) is 0 Å². The molecule has 0 aliphatic carbocycles. The number of hydrogen-bond donors (Lipinski definition) is 1. The van der Waals surface area contributed by atoms with Gasteiger partial charge in [-0.05, 0) is 0 Å². The molecule has 0 saturated carbocycles.